The number of methoxy groups -OCH3 is 1. The molecule has 4 nitrogen and oxygen atoms in total. The number of anilines is 1. The Labute approximate surface area is 146 Å². The number of carbonyl (C=O) groups excluding carboxylic acids is 1. The lowest BCUT2D eigenvalue weighted by Gasteiger charge is -2.29. The van der Waals surface area contributed by atoms with Crippen molar-refractivity contribution < 1.29 is 9.53 Å². The highest BCUT2D eigenvalue weighted by atomic mass is 16.5. The third-order valence-corrected chi connectivity index (χ3v) is 4.75. The van der Waals surface area contributed by atoms with Gasteiger partial charge in [0.2, 0.25) is 0 Å². The summed E-state index contributed by atoms with van der Waals surface area (Å²) in [5.41, 5.74) is 6.15. The molecule has 126 valence electrons. The van der Waals surface area contributed by atoms with Gasteiger partial charge in [0.1, 0.15) is 0 Å². The number of rotatable bonds is 3. The van der Waals surface area contributed by atoms with Gasteiger partial charge in [0, 0.05) is 34.9 Å². The van der Waals surface area contributed by atoms with E-state index >= 15 is 0 Å². The van der Waals surface area contributed by atoms with Crippen LogP contribution in [0.1, 0.15) is 16.8 Å². The largest absolute Gasteiger partial charge is 0.466 e. The minimum atomic E-state index is -0.341. The van der Waals surface area contributed by atoms with Gasteiger partial charge in [0.25, 0.3) is 0 Å². The Morgan fingerprint density at radius 1 is 1.16 bits per heavy atom. The SMILES string of the molecule is COC(=O)/C=C/c1ccc(N2CCc3c([nH]c4ccccc34)C2)cc1. The van der Waals surface area contributed by atoms with Gasteiger partial charge >= 0.3 is 5.97 Å². The van der Waals surface area contributed by atoms with Crippen LogP contribution in [0.25, 0.3) is 17.0 Å². The first kappa shape index (κ1) is 15.5. The number of nitrogens with one attached hydrogen (secondary N) is 1. The monoisotopic (exact) mass is 332 g/mol. The van der Waals surface area contributed by atoms with E-state index in [2.05, 4.69) is 51.0 Å². The van der Waals surface area contributed by atoms with Gasteiger partial charge in [-0.25, -0.2) is 4.79 Å². The Bertz CT molecular complexity index is 938. The molecule has 25 heavy (non-hydrogen) atoms. The van der Waals surface area contributed by atoms with Crippen LogP contribution in [-0.2, 0) is 22.5 Å². The van der Waals surface area contributed by atoms with Crippen LogP contribution in [0.15, 0.2) is 54.6 Å². The van der Waals surface area contributed by atoms with Crippen LogP contribution >= 0.6 is 0 Å². The number of nitrogens with zero attached hydrogens (tertiary/aromatic N) is 1. The molecule has 0 spiro atoms. The molecule has 2 heterocycles. The standard InChI is InChI=1S/C21H20N2O2/c1-25-21(24)11-8-15-6-9-16(10-7-15)23-13-12-18-17-4-2-3-5-19(17)22-20(18)14-23/h2-11,22H,12-14H2,1H3/b11-8+. The molecule has 0 unspecified atom stereocenters. The maximum absolute atomic E-state index is 11.2. The second kappa shape index (κ2) is 6.48. The molecule has 4 rings (SSSR count). The van der Waals surface area contributed by atoms with E-state index in [1.807, 2.05) is 12.1 Å². The van der Waals surface area contributed by atoms with Crippen LogP contribution in [0.4, 0.5) is 5.69 Å². The third-order valence-electron chi connectivity index (χ3n) is 4.75. The predicted octanol–water partition coefficient (Wildman–Crippen LogP) is 3.92. The fraction of sp³-hybridized carbons (Fsp3) is 0.190. The lowest BCUT2D eigenvalue weighted by Crippen LogP contribution is -2.30. The second-order valence-electron chi connectivity index (χ2n) is 6.25. The lowest BCUT2D eigenvalue weighted by atomic mass is 10.0. The summed E-state index contributed by atoms with van der Waals surface area (Å²) in [5.74, 6) is -0.341. The van der Waals surface area contributed by atoms with Crippen molar-refractivity contribution >= 4 is 28.6 Å². The first-order valence-electron chi connectivity index (χ1n) is 8.44. The van der Waals surface area contributed by atoms with Gasteiger partial charge in [-0.2, -0.15) is 0 Å². The van der Waals surface area contributed by atoms with Gasteiger partial charge in [-0.15, -0.1) is 0 Å². The van der Waals surface area contributed by atoms with E-state index in [1.165, 1.54) is 41.0 Å². The number of esters is 1. The fourth-order valence-corrected chi connectivity index (χ4v) is 3.44. The Morgan fingerprint density at radius 2 is 1.96 bits per heavy atom. The quantitative estimate of drug-likeness (QED) is 0.584. The molecule has 1 aliphatic heterocycles. The van der Waals surface area contributed by atoms with Crippen LogP contribution in [0.3, 0.4) is 0 Å². The van der Waals surface area contributed by atoms with E-state index in [0.29, 0.717) is 0 Å². The molecule has 1 aliphatic rings. The smallest absolute Gasteiger partial charge is 0.330 e. The zero-order valence-electron chi connectivity index (χ0n) is 14.2. The third kappa shape index (κ3) is 3.03. The number of fused-ring (bicyclic) bond motifs is 3. The molecule has 0 atom stereocenters. The highest BCUT2D eigenvalue weighted by Crippen LogP contribution is 2.30. The fourth-order valence-electron chi connectivity index (χ4n) is 3.44. The number of hydrogen-bond acceptors (Lipinski definition) is 3. The van der Waals surface area contributed by atoms with E-state index in [4.69, 9.17) is 0 Å². The van der Waals surface area contributed by atoms with E-state index in [-0.39, 0.29) is 5.97 Å². The molecule has 1 aromatic heterocycles. The summed E-state index contributed by atoms with van der Waals surface area (Å²) in [6, 6.07) is 16.8. The minimum absolute atomic E-state index is 0.341. The molecule has 0 aliphatic carbocycles. The molecule has 2 aromatic carbocycles. The van der Waals surface area contributed by atoms with Crippen molar-refractivity contribution in [2.75, 3.05) is 18.6 Å². The first-order chi connectivity index (χ1) is 12.2. The molecular weight excluding hydrogens is 312 g/mol. The number of para-hydroxylation sites is 1. The summed E-state index contributed by atoms with van der Waals surface area (Å²) in [6.45, 7) is 1.90. The molecule has 0 fully saturated rings. The minimum Gasteiger partial charge on any atom is -0.466 e. The first-order valence-corrected chi connectivity index (χ1v) is 8.44. The molecule has 0 saturated carbocycles. The van der Waals surface area contributed by atoms with Crippen molar-refractivity contribution in [1.82, 2.24) is 4.98 Å². The van der Waals surface area contributed by atoms with Gasteiger partial charge in [-0.3, -0.25) is 0 Å². The molecular formula is C21H20N2O2. The molecule has 0 amide bonds. The van der Waals surface area contributed by atoms with Gasteiger partial charge in [0.15, 0.2) is 0 Å². The zero-order valence-corrected chi connectivity index (χ0v) is 14.2. The number of benzene rings is 2. The number of aromatic amines is 1. The van der Waals surface area contributed by atoms with E-state index in [1.54, 1.807) is 6.08 Å². The van der Waals surface area contributed by atoms with Crippen LogP contribution in [0, 0.1) is 0 Å². The molecule has 3 aromatic rings. The van der Waals surface area contributed by atoms with Crippen molar-refractivity contribution in [3.05, 3.63) is 71.4 Å². The van der Waals surface area contributed by atoms with Crippen molar-refractivity contribution in [3.63, 3.8) is 0 Å². The van der Waals surface area contributed by atoms with Gasteiger partial charge in [-0.1, -0.05) is 30.3 Å². The highest BCUT2D eigenvalue weighted by Gasteiger charge is 2.20. The topological polar surface area (TPSA) is 45.3 Å². The van der Waals surface area contributed by atoms with Crippen LogP contribution < -0.4 is 4.90 Å². The second-order valence-corrected chi connectivity index (χ2v) is 6.25. The normalized spacial score (nSPS) is 14.0. The highest BCUT2D eigenvalue weighted by molar-refractivity contribution is 5.87. The van der Waals surface area contributed by atoms with E-state index < -0.39 is 0 Å². The van der Waals surface area contributed by atoms with Crippen LogP contribution in [0.5, 0.6) is 0 Å². The van der Waals surface area contributed by atoms with Gasteiger partial charge in [0.05, 0.1) is 13.7 Å². The summed E-state index contributed by atoms with van der Waals surface area (Å²) in [7, 11) is 1.38. The average Bonchev–Trinajstić information content (AvgIpc) is 3.04. The Kier molecular flexibility index (Phi) is 4.02. The van der Waals surface area contributed by atoms with Crippen LogP contribution in [0.2, 0.25) is 0 Å². The van der Waals surface area contributed by atoms with Crippen molar-refractivity contribution in [1.29, 1.82) is 0 Å². The zero-order chi connectivity index (χ0) is 17.2. The molecule has 1 N–H and O–H groups in total. The van der Waals surface area contributed by atoms with Crippen molar-refractivity contribution in [3.8, 4) is 0 Å². The average molecular weight is 332 g/mol. The maximum Gasteiger partial charge on any atom is 0.330 e. The maximum atomic E-state index is 11.2. The van der Waals surface area contributed by atoms with Gasteiger partial charge < -0.3 is 14.6 Å². The van der Waals surface area contributed by atoms with Crippen molar-refractivity contribution in [2.24, 2.45) is 0 Å². The summed E-state index contributed by atoms with van der Waals surface area (Å²) in [5, 5.41) is 1.35. The number of hydrogen-bond donors (Lipinski definition) is 1. The summed E-state index contributed by atoms with van der Waals surface area (Å²) < 4.78 is 4.61. The molecule has 0 radical (unpaired) electrons. The summed E-state index contributed by atoms with van der Waals surface area (Å²) in [6.07, 6.45) is 4.25. The summed E-state index contributed by atoms with van der Waals surface area (Å²) in [4.78, 5) is 17.1. The lowest BCUT2D eigenvalue weighted by molar-refractivity contribution is -0.134. The van der Waals surface area contributed by atoms with Gasteiger partial charge in [-0.05, 0) is 41.8 Å². The molecule has 0 bridgehead atoms. The van der Waals surface area contributed by atoms with Crippen LogP contribution in [-0.4, -0.2) is 24.6 Å². The Hall–Kier alpha value is -3.01. The number of ether oxygens (including phenoxy) is 1. The number of carbonyl (C=O) groups is 1. The molecule has 0 saturated heterocycles. The number of H-pyrrole nitrogens is 1. The Balaban J connectivity index is 1.53. The van der Waals surface area contributed by atoms with E-state index in [0.717, 1.165) is 25.1 Å². The van der Waals surface area contributed by atoms with Crippen molar-refractivity contribution in [2.45, 2.75) is 13.0 Å². The summed E-state index contributed by atoms with van der Waals surface area (Å²) >= 11 is 0. The number of aromatic nitrogens is 1. The predicted molar refractivity (Wildman–Crippen MR) is 101 cm³/mol. The Morgan fingerprint density at radius 3 is 2.76 bits per heavy atom. The van der Waals surface area contributed by atoms with E-state index in [9.17, 15) is 4.79 Å². The molecule has 4 heteroatoms.